The predicted octanol–water partition coefficient (Wildman–Crippen LogP) is 3.22. The fourth-order valence-corrected chi connectivity index (χ4v) is 5.78. The molecule has 0 aromatic rings. The van der Waals surface area contributed by atoms with Crippen molar-refractivity contribution in [2.75, 3.05) is 6.54 Å². The lowest BCUT2D eigenvalue weighted by molar-refractivity contribution is 0.305. The third-order valence-corrected chi connectivity index (χ3v) is 6.65. The summed E-state index contributed by atoms with van der Waals surface area (Å²) in [6, 6.07) is 0. The van der Waals surface area contributed by atoms with Crippen LogP contribution in [0.25, 0.3) is 0 Å². The maximum Gasteiger partial charge on any atom is 0.0578 e. The smallest absolute Gasteiger partial charge is 0.0578 e. The lowest BCUT2D eigenvalue weighted by atomic mass is 10.3. The van der Waals surface area contributed by atoms with E-state index >= 15 is 0 Å². The van der Waals surface area contributed by atoms with Crippen molar-refractivity contribution in [2.24, 2.45) is 5.92 Å². The molecule has 0 bridgehead atoms. The first-order chi connectivity index (χ1) is 6.18. The third kappa shape index (κ3) is 2.02. The van der Waals surface area contributed by atoms with Gasteiger partial charge in [-0.25, -0.2) is 0 Å². The summed E-state index contributed by atoms with van der Waals surface area (Å²) >= 11 is 4.36. The van der Waals surface area contributed by atoms with Gasteiger partial charge in [0.1, 0.15) is 0 Å². The summed E-state index contributed by atoms with van der Waals surface area (Å²) in [6.45, 7) is 8.40. The molecular formula is C10H19NS2. The maximum absolute atomic E-state index is 2.67. The van der Waals surface area contributed by atoms with Gasteiger partial charge in [0.25, 0.3) is 0 Å². The monoisotopic (exact) mass is 217 g/mol. The van der Waals surface area contributed by atoms with E-state index in [-0.39, 0.29) is 0 Å². The Morgan fingerprint density at radius 2 is 2.08 bits per heavy atom. The first-order valence-electron chi connectivity index (χ1n) is 5.25. The van der Waals surface area contributed by atoms with E-state index in [4.69, 9.17) is 0 Å². The quantitative estimate of drug-likeness (QED) is 0.664. The Kier molecular flexibility index (Phi) is 3.16. The van der Waals surface area contributed by atoms with E-state index in [0.29, 0.717) is 0 Å². The van der Waals surface area contributed by atoms with E-state index in [0.717, 1.165) is 21.2 Å². The fourth-order valence-electron chi connectivity index (χ4n) is 2.09. The van der Waals surface area contributed by atoms with Crippen LogP contribution in [0, 0.1) is 5.92 Å². The predicted molar refractivity (Wildman–Crippen MR) is 63.0 cm³/mol. The van der Waals surface area contributed by atoms with Crippen LogP contribution in [0.5, 0.6) is 0 Å². The molecule has 13 heavy (non-hydrogen) atoms. The minimum atomic E-state index is 0.751. The molecule has 2 fully saturated rings. The van der Waals surface area contributed by atoms with Gasteiger partial charge in [0, 0.05) is 6.54 Å². The van der Waals surface area contributed by atoms with Crippen LogP contribution in [-0.4, -0.2) is 26.8 Å². The molecule has 76 valence electrons. The SMILES string of the molecule is CC(C)C1SC(C)N2CCCC2S1. The first kappa shape index (κ1) is 10.2. The number of nitrogens with zero attached hydrogens (tertiary/aromatic N) is 1. The average Bonchev–Trinajstić information content (AvgIpc) is 2.51. The van der Waals surface area contributed by atoms with Crippen LogP contribution in [0.15, 0.2) is 0 Å². The topological polar surface area (TPSA) is 3.24 Å². The maximum atomic E-state index is 2.67. The molecule has 1 nitrogen and oxygen atoms in total. The van der Waals surface area contributed by atoms with Crippen LogP contribution in [0.4, 0.5) is 0 Å². The summed E-state index contributed by atoms with van der Waals surface area (Å²) in [5, 5.41) is 1.59. The Morgan fingerprint density at radius 1 is 1.31 bits per heavy atom. The van der Waals surface area contributed by atoms with E-state index in [9.17, 15) is 0 Å². The molecule has 0 aromatic heterocycles. The van der Waals surface area contributed by atoms with Gasteiger partial charge < -0.3 is 0 Å². The Balaban J connectivity index is 2.01. The van der Waals surface area contributed by atoms with Crippen LogP contribution >= 0.6 is 23.5 Å². The summed E-state index contributed by atoms with van der Waals surface area (Å²) in [4.78, 5) is 2.67. The number of thioether (sulfide) groups is 2. The molecule has 0 aliphatic carbocycles. The highest BCUT2D eigenvalue weighted by molar-refractivity contribution is 8.18. The lowest BCUT2D eigenvalue weighted by Gasteiger charge is -2.40. The van der Waals surface area contributed by atoms with Crippen molar-refractivity contribution in [1.82, 2.24) is 4.90 Å². The second kappa shape index (κ2) is 4.03. The van der Waals surface area contributed by atoms with Crippen molar-refractivity contribution in [3.63, 3.8) is 0 Å². The Morgan fingerprint density at radius 3 is 2.77 bits per heavy atom. The minimum absolute atomic E-state index is 0.751. The van der Waals surface area contributed by atoms with Gasteiger partial charge in [-0.2, -0.15) is 0 Å². The molecular weight excluding hydrogens is 198 g/mol. The zero-order valence-corrected chi connectivity index (χ0v) is 10.3. The molecule has 0 N–H and O–H groups in total. The largest absolute Gasteiger partial charge is 0.280 e. The molecule has 2 aliphatic rings. The van der Waals surface area contributed by atoms with Crippen LogP contribution in [-0.2, 0) is 0 Å². The van der Waals surface area contributed by atoms with E-state index in [2.05, 4.69) is 49.2 Å². The van der Waals surface area contributed by atoms with Gasteiger partial charge in [0.05, 0.1) is 15.3 Å². The normalized spacial score (nSPS) is 41.1. The Hall–Kier alpha value is 0.660. The fraction of sp³-hybridized carbons (Fsp3) is 1.00. The Bertz CT molecular complexity index is 184. The van der Waals surface area contributed by atoms with Crippen LogP contribution in [0.2, 0.25) is 0 Å². The van der Waals surface area contributed by atoms with Gasteiger partial charge in [-0.05, 0) is 25.7 Å². The van der Waals surface area contributed by atoms with E-state index in [1.807, 2.05) is 0 Å². The van der Waals surface area contributed by atoms with E-state index in [1.165, 1.54) is 19.4 Å². The van der Waals surface area contributed by atoms with Gasteiger partial charge in [-0.1, -0.05) is 13.8 Å². The number of fused-ring (bicyclic) bond motifs is 1. The molecule has 0 amide bonds. The van der Waals surface area contributed by atoms with Crippen LogP contribution in [0.1, 0.15) is 33.6 Å². The molecule has 2 rings (SSSR count). The molecule has 3 unspecified atom stereocenters. The standard InChI is InChI=1S/C10H19NS2/c1-7(2)10-12-8(3)11-6-4-5-9(11)13-10/h7-10H,4-6H2,1-3H3. The lowest BCUT2D eigenvalue weighted by Crippen LogP contribution is -2.40. The van der Waals surface area contributed by atoms with Gasteiger partial charge in [0.15, 0.2) is 0 Å². The average molecular weight is 217 g/mol. The van der Waals surface area contributed by atoms with Crippen LogP contribution in [0.3, 0.4) is 0 Å². The zero-order chi connectivity index (χ0) is 9.42. The molecule has 3 heteroatoms. The summed E-state index contributed by atoms with van der Waals surface area (Å²) in [5.41, 5.74) is 0. The van der Waals surface area contributed by atoms with Crippen molar-refractivity contribution < 1.29 is 0 Å². The van der Waals surface area contributed by atoms with Crippen molar-refractivity contribution in [2.45, 2.75) is 48.9 Å². The van der Waals surface area contributed by atoms with Crippen molar-refractivity contribution in [3.8, 4) is 0 Å². The highest BCUT2D eigenvalue weighted by Crippen LogP contribution is 2.47. The minimum Gasteiger partial charge on any atom is -0.280 e. The van der Waals surface area contributed by atoms with E-state index in [1.54, 1.807) is 0 Å². The molecule has 2 aliphatic heterocycles. The molecule has 0 saturated carbocycles. The molecule has 2 heterocycles. The molecule has 0 radical (unpaired) electrons. The second-order valence-electron chi connectivity index (χ2n) is 4.32. The highest BCUT2D eigenvalue weighted by Gasteiger charge is 2.37. The molecule has 0 spiro atoms. The van der Waals surface area contributed by atoms with Crippen molar-refractivity contribution in [3.05, 3.63) is 0 Å². The summed E-state index contributed by atoms with van der Waals surface area (Å²) < 4.78 is 0.828. The summed E-state index contributed by atoms with van der Waals surface area (Å²) in [6.07, 6.45) is 2.83. The van der Waals surface area contributed by atoms with Gasteiger partial charge in [-0.15, -0.1) is 23.5 Å². The number of hydrogen-bond donors (Lipinski definition) is 0. The van der Waals surface area contributed by atoms with E-state index < -0.39 is 0 Å². The Labute approximate surface area is 90.0 Å². The van der Waals surface area contributed by atoms with Crippen LogP contribution < -0.4 is 0 Å². The first-order valence-corrected chi connectivity index (χ1v) is 7.13. The molecule has 0 aromatic carbocycles. The zero-order valence-electron chi connectivity index (χ0n) is 8.69. The second-order valence-corrected chi connectivity index (χ2v) is 7.40. The van der Waals surface area contributed by atoms with Gasteiger partial charge >= 0.3 is 0 Å². The number of hydrogen-bond acceptors (Lipinski definition) is 3. The summed E-state index contributed by atoms with van der Waals surface area (Å²) in [7, 11) is 0. The highest BCUT2D eigenvalue weighted by atomic mass is 32.2. The third-order valence-electron chi connectivity index (χ3n) is 2.87. The van der Waals surface area contributed by atoms with Gasteiger partial charge in [0.2, 0.25) is 0 Å². The number of rotatable bonds is 1. The summed E-state index contributed by atoms with van der Waals surface area (Å²) in [5.74, 6) is 0.820. The molecule has 3 atom stereocenters. The molecule has 2 saturated heterocycles. The van der Waals surface area contributed by atoms with Gasteiger partial charge in [-0.3, -0.25) is 4.90 Å². The van der Waals surface area contributed by atoms with Crippen molar-refractivity contribution in [1.29, 1.82) is 0 Å². The van der Waals surface area contributed by atoms with Crippen molar-refractivity contribution >= 4 is 23.5 Å².